The van der Waals surface area contributed by atoms with Crippen molar-refractivity contribution in [2.24, 2.45) is 0 Å². The molecule has 0 unspecified atom stereocenters. The number of alkyl halides is 1. The Morgan fingerprint density at radius 1 is 1.75 bits per heavy atom. The maximum atomic E-state index is 13.4. The Kier molecular flexibility index (Phi) is 1.48. The molecule has 0 bridgehead atoms. The fourth-order valence-electron chi connectivity index (χ4n) is 1.05. The topological polar surface area (TPSA) is 43.1 Å². The van der Waals surface area contributed by atoms with Crippen LogP contribution in [0, 0.1) is 0 Å². The molecule has 12 heavy (non-hydrogen) atoms. The van der Waals surface area contributed by atoms with Gasteiger partial charge < -0.3 is 4.52 Å². The Morgan fingerprint density at radius 2 is 2.42 bits per heavy atom. The fraction of sp³-hybridized carbons (Fsp3) is 0.429. The lowest BCUT2D eigenvalue weighted by Crippen LogP contribution is -2.04. The minimum atomic E-state index is -1.47. The predicted molar refractivity (Wildman–Crippen MR) is 38.7 cm³/mol. The number of hydrogen-bond acceptors (Lipinski definition) is 3. The molecule has 5 heteroatoms. The molecule has 1 heterocycles. The summed E-state index contributed by atoms with van der Waals surface area (Å²) in [5.41, 5.74) is -1.38. The molecule has 1 aromatic heterocycles. The van der Waals surface area contributed by atoms with Crippen LogP contribution in [0.2, 0.25) is 0 Å². The molecule has 0 N–H and O–H groups in total. The fourth-order valence-corrected chi connectivity index (χ4v) is 1.18. The predicted octanol–water partition coefficient (Wildman–Crippen LogP) is 2.01. The van der Waals surface area contributed by atoms with Gasteiger partial charge in [-0.15, -0.1) is 0 Å². The second-order valence-electron chi connectivity index (χ2n) is 2.82. The van der Waals surface area contributed by atoms with Gasteiger partial charge in [-0.2, -0.15) is 0 Å². The van der Waals surface area contributed by atoms with E-state index in [9.17, 15) is 9.18 Å². The number of hydrogen-bond donors (Lipinski definition) is 0. The van der Waals surface area contributed by atoms with E-state index in [1.165, 1.54) is 0 Å². The van der Waals surface area contributed by atoms with Crippen molar-refractivity contribution in [3.63, 3.8) is 0 Å². The van der Waals surface area contributed by atoms with Gasteiger partial charge >= 0.3 is 0 Å². The minimum Gasteiger partial charge on any atom is -0.364 e. The van der Waals surface area contributed by atoms with Gasteiger partial charge in [-0.25, -0.2) is 4.39 Å². The van der Waals surface area contributed by atoms with Crippen LogP contribution in [-0.4, -0.2) is 10.4 Å². The number of halogens is 2. The second kappa shape index (κ2) is 2.29. The van der Waals surface area contributed by atoms with Crippen LogP contribution in [0.25, 0.3) is 0 Å². The van der Waals surface area contributed by atoms with Gasteiger partial charge in [0.05, 0.1) is 0 Å². The summed E-state index contributed by atoms with van der Waals surface area (Å²) in [6, 6.07) is 0. The number of carbonyl (C=O) groups is 1. The van der Waals surface area contributed by atoms with Crippen molar-refractivity contribution < 1.29 is 13.7 Å². The molecule has 1 aliphatic carbocycles. The van der Waals surface area contributed by atoms with Gasteiger partial charge in [-0.3, -0.25) is 4.79 Å². The van der Waals surface area contributed by atoms with Crippen molar-refractivity contribution in [1.29, 1.82) is 0 Å². The maximum absolute atomic E-state index is 13.4. The average molecular weight is 190 g/mol. The first-order chi connectivity index (χ1) is 5.63. The molecular weight excluding hydrogens is 185 g/mol. The molecule has 0 amide bonds. The molecule has 3 nitrogen and oxygen atoms in total. The van der Waals surface area contributed by atoms with E-state index in [4.69, 9.17) is 11.6 Å². The Hall–Kier alpha value is -0.900. The van der Waals surface area contributed by atoms with Gasteiger partial charge in [-0.05, 0) is 24.4 Å². The molecule has 1 saturated carbocycles. The number of carbonyl (C=O) groups excluding carboxylic acids is 1. The summed E-state index contributed by atoms with van der Waals surface area (Å²) in [6.07, 6.45) is 1.84. The van der Waals surface area contributed by atoms with E-state index in [1.54, 1.807) is 0 Å². The van der Waals surface area contributed by atoms with Crippen LogP contribution >= 0.6 is 11.6 Å². The molecule has 0 aliphatic heterocycles. The smallest absolute Gasteiger partial charge is 0.257 e. The Balaban J connectivity index is 2.43. The summed E-state index contributed by atoms with van der Waals surface area (Å²) < 4.78 is 17.8. The molecule has 0 spiro atoms. The van der Waals surface area contributed by atoms with Gasteiger partial charge in [0.15, 0.2) is 5.67 Å². The van der Waals surface area contributed by atoms with Crippen LogP contribution in [-0.2, 0) is 5.67 Å². The average Bonchev–Trinajstić information content (AvgIpc) is 2.61. The van der Waals surface area contributed by atoms with Crippen molar-refractivity contribution in [3.8, 4) is 0 Å². The molecule has 1 aromatic rings. The first-order valence-corrected chi connectivity index (χ1v) is 3.85. The summed E-state index contributed by atoms with van der Waals surface area (Å²) in [5, 5.41) is 2.69. The van der Waals surface area contributed by atoms with Crippen LogP contribution < -0.4 is 0 Å². The van der Waals surface area contributed by atoms with Crippen molar-refractivity contribution in [2.75, 3.05) is 0 Å². The van der Waals surface area contributed by atoms with Gasteiger partial charge in [0.25, 0.3) is 5.24 Å². The third-order valence-electron chi connectivity index (χ3n) is 1.89. The normalized spacial score (nSPS) is 19.2. The quantitative estimate of drug-likeness (QED) is 0.669. The third-order valence-corrected chi connectivity index (χ3v) is 2.10. The zero-order valence-electron chi connectivity index (χ0n) is 6.01. The highest BCUT2D eigenvalue weighted by molar-refractivity contribution is 6.67. The lowest BCUT2D eigenvalue weighted by Gasteiger charge is -1.98. The van der Waals surface area contributed by atoms with E-state index in [-0.39, 0.29) is 11.3 Å². The third kappa shape index (κ3) is 1.03. The molecular formula is C7H5ClFNO2. The molecule has 0 saturated heterocycles. The van der Waals surface area contributed by atoms with Gasteiger partial charge in [0.1, 0.15) is 17.5 Å². The molecule has 0 aromatic carbocycles. The summed E-state index contributed by atoms with van der Waals surface area (Å²) in [6.45, 7) is 0. The van der Waals surface area contributed by atoms with Crippen molar-refractivity contribution in [1.82, 2.24) is 5.16 Å². The van der Waals surface area contributed by atoms with E-state index in [1.807, 2.05) is 0 Å². The van der Waals surface area contributed by atoms with E-state index in [0.29, 0.717) is 12.8 Å². The number of rotatable bonds is 2. The lowest BCUT2D eigenvalue weighted by molar-refractivity contribution is 0.107. The molecule has 64 valence electrons. The van der Waals surface area contributed by atoms with Crippen molar-refractivity contribution in [3.05, 3.63) is 17.5 Å². The van der Waals surface area contributed by atoms with Crippen molar-refractivity contribution in [2.45, 2.75) is 18.5 Å². The Bertz CT molecular complexity index is 332. The van der Waals surface area contributed by atoms with Crippen LogP contribution in [0.1, 0.15) is 28.9 Å². The first-order valence-electron chi connectivity index (χ1n) is 3.47. The zero-order valence-corrected chi connectivity index (χ0v) is 6.77. The van der Waals surface area contributed by atoms with Crippen LogP contribution in [0.5, 0.6) is 0 Å². The molecule has 1 aliphatic rings. The summed E-state index contributed by atoms with van der Waals surface area (Å²) in [5.74, 6) is 0. The number of nitrogens with zero attached hydrogens (tertiary/aromatic N) is 1. The highest BCUT2D eigenvalue weighted by Crippen LogP contribution is 2.50. The van der Waals surface area contributed by atoms with Gasteiger partial charge in [0.2, 0.25) is 0 Å². The largest absolute Gasteiger partial charge is 0.364 e. The van der Waals surface area contributed by atoms with E-state index >= 15 is 0 Å². The minimum absolute atomic E-state index is 0.0386. The molecule has 0 radical (unpaired) electrons. The van der Waals surface area contributed by atoms with Gasteiger partial charge in [-0.1, -0.05) is 5.16 Å². The lowest BCUT2D eigenvalue weighted by atomic mass is 10.2. The summed E-state index contributed by atoms with van der Waals surface area (Å²) in [4.78, 5) is 10.7. The maximum Gasteiger partial charge on any atom is 0.257 e. The van der Waals surface area contributed by atoms with Crippen molar-refractivity contribution >= 4 is 16.8 Å². The highest BCUT2D eigenvalue weighted by atomic mass is 35.5. The Labute approximate surface area is 72.5 Å². The van der Waals surface area contributed by atoms with E-state index < -0.39 is 10.9 Å². The van der Waals surface area contributed by atoms with E-state index in [2.05, 4.69) is 9.68 Å². The monoisotopic (exact) mass is 189 g/mol. The second-order valence-corrected chi connectivity index (χ2v) is 3.16. The summed E-state index contributed by atoms with van der Waals surface area (Å²) in [7, 11) is 0. The highest BCUT2D eigenvalue weighted by Gasteiger charge is 2.49. The van der Waals surface area contributed by atoms with Crippen LogP contribution in [0.15, 0.2) is 10.8 Å². The van der Waals surface area contributed by atoms with E-state index in [0.717, 1.165) is 6.26 Å². The Morgan fingerprint density at radius 3 is 2.92 bits per heavy atom. The van der Waals surface area contributed by atoms with Crippen LogP contribution in [0.3, 0.4) is 0 Å². The van der Waals surface area contributed by atoms with Crippen LogP contribution in [0.4, 0.5) is 4.39 Å². The number of aromatic nitrogens is 1. The first kappa shape index (κ1) is 7.73. The molecule has 2 rings (SSSR count). The standard InChI is InChI=1S/C7H5ClFNO2/c8-6(11)4-3-12-10-5(4)7(9)1-2-7/h3H,1-2H2. The SMILES string of the molecule is O=C(Cl)c1conc1C1(F)CC1. The zero-order chi connectivity index (χ0) is 8.77. The van der Waals surface area contributed by atoms with Gasteiger partial charge in [0, 0.05) is 0 Å². The molecule has 0 atom stereocenters. The molecule has 1 fully saturated rings. The summed E-state index contributed by atoms with van der Waals surface area (Å²) >= 11 is 5.18.